The van der Waals surface area contributed by atoms with Crippen molar-refractivity contribution >= 4 is 0 Å². The molecule has 5 nitrogen and oxygen atoms in total. The summed E-state index contributed by atoms with van der Waals surface area (Å²) in [5.74, 6) is 0.590. The summed E-state index contributed by atoms with van der Waals surface area (Å²) in [5, 5.41) is 0. The van der Waals surface area contributed by atoms with Crippen molar-refractivity contribution in [2.24, 2.45) is 5.73 Å². The Morgan fingerprint density at radius 3 is 2.93 bits per heavy atom. The van der Waals surface area contributed by atoms with Crippen molar-refractivity contribution in [2.45, 2.75) is 19.4 Å². The molecule has 1 rings (SSSR count). The van der Waals surface area contributed by atoms with Crippen LogP contribution in [0, 0.1) is 0 Å². The summed E-state index contributed by atoms with van der Waals surface area (Å²) in [6.07, 6.45) is 2.15. The Morgan fingerprint density at radius 1 is 1.47 bits per heavy atom. The van der Waals surface area contributed by atoms with Gasteiger partial charge in [0.15, 0.2) is 0 Å². The largest absolute Gasteiger partial charge is 0.478 e. The smallest absolute Gasteiger partial charge is 0.216 e. The van der Waals surface area contributed by atoms with Crippen molar-refractivity contribution in [2.75, 3.05) is 20.3 Å². The Hall–Kier alpha value is -1.20. The summed E-state index contributed by atoms with van der Waals surface area (Å²) in [5.41, 5.74) is 6.69. The second-order valence-electron chi connectivity index (χ2n) is 3.20. The first-order chi connectivity index (χ1) is 7.26. The van der Waals surface area contributed by atoms with E-state index in [1.165, 1.54) is 6.33 Å². The maximum Gasteiger partial charge on any atom is 0.216 e. The number of hydrogen-bond donors (Lipinski definition) is 1. The lowest BCUT2D eigenvalue weighted by Crippen LogP contribution is -2.28. The average Bonchev–Trinajstić information content (AvgIpc) is 2.19. The molecule has 1 unspecified atom stereocenters. The number of ether oxygens (including phenoxy) is 2. The van der Waals surface area contributed by atoms with Gasteiger partial charge < -0.3 is 15.2 Å². The Bertz CT molecular complexity index is 294. The monoisotopic (exact) mass is 211 g/mol. The molecule has 0 bridgehead atoms. The summed E-state index contributed by atoms with van der Waals surface area (Å²) in [4.78, 5) is 8.09. The van der Waals surface area contributed by atoms with E-state index in [9.17, 15) is 0 Å². The van der Waals surface area contributed by atoms with Crippen LogP contribution in [0.1, 0.15) is 12.6 Å². The van der Waals surface area contributed by atoms with Gasteiger partial charge in [0.2, 0.25) is 5.88 Å². The van der Waals surface area contributed by atoms with Crippen molar-refractivity contribution < 1.29 is 9.47 Å². The maximum absolute atomic E-state index is 5.81. The van der Waals surface area contributed by atoms with Gasteiger partial charge in [-0.2, -0.15) is 0 Å². The molecule has 5 heteroatoms. The van der Waals surface area contributed by atoms with E-state index in [0.29, 0.717) is 25.5 Å². The van der Waals surface area contributed by atoms with Gasteiger partial charge in [-0.05, 0) is 6.92 Å². The summed E-state index contributed by atoms with van der Waals surface area (Å²) < 4.78 is 10.2. The summed E-state index contributed by atoms with van der Waals surface area (Å²) in [6.45, 7) is 3.03. The number of rotatable bonds is 6. The van der Waals surface area contributed by atoms with E-state index in [4.69, 9.17) is 15.2 Å². The molecule has 0 aliphatic rings. The van der Waals surface area contributed by atoms with Gasteiger partial charge in [0.05, 0.1) is 13.2 Å². The van der Waals surface area contributed by atoms with Crippen molar-refractivity contribution in [3.8, 4) is 5.88 Å². The molecule has 0 aliphatic carbocycles. The van der Waals surface area contributed by atoms with E-state index >= 15 is 0 Å². The first-order valence-corrected chi connectivity index (χ1v) is 4.94. The van der Waals surface area contributed by atoms with Crippen LogP contribution in [-0.2, 0) is 11.2 Å². The maximum atomic E-state index is 5.81. The molecule has 0 radical (unpaired) electrons. The van der Waals surface area contributed by atoms with Crippen LogP contribution in [-0.4, -0.2) is 36.3 Å². The molecule has 0 spiro atoms. The lowest BCUT2D eigenvalue weighted by molar-refractivity contribution is 0.179. The molecule has 0 amide bonds. The molecule has 1 aromatic rings. The van der Waals surface area contributed by atoms with Crippen molar-refractivity contribution in [3.05, 3.63) is 18.1 Å². The van der Waals surface area contributed by atoms with E-state index in [-0.39, 0.29) is 6.04 Å². The van der Waals surface area contributed by atoms with E-state index in [0.717, 1.165) is 5.69 Å². The second-order valence-corrected chi connectivity index (χ2v) is 3.20. The van der Waals surface area contributed by atoms with Gasteiger partial charge in [-0.25, -0.2) is 9.97 Å². The van der Waals surface area contributed by atoms with Crippen LogP contribution in [0.5, 0.6) is 5.88 Å². The Morgan fingerprint density at radius 2 is 2.27 bits per heavy atom. The Labute approximate surface area is 89.6 Å². The fourth-order valence-electron chi connectivity index (χ4n) is 1.26. The molecule has 2 N–H and O–H groups in total. The van der Waals surface area contributed by atoms with E-state index in [1.54, 1.807) is 13.2 Å². The highest BCUT2D eigenvalue weighted by molar-refractivity contribution is 5.14. The zero-order valence-electron chi connectivity index (χ0n) is 9.14. The molecular weight excluding hydrogens is 194 g/mol. The van der Waals surface area contributed by atoms with Gasteiger partial charge in [-0.3, -0.25) is 0 Å². The second kappa shape index (κ2) is 6.31. The molecule has 15 heavy (non-hydrogen) atoms. The fourth-order valence-corrected chi connectivity index (χ4v) is 1.26. The molecule has 1 heterocycles. The third-order valence-electron chi connectivity index (χ3n) is 1.84. The first kappa shape index (κ1) is 11.9. The highest BCUT2D eigenvalue weighted by Gasteiger charge is 2.06. The van der Waals surface area contributed by atoms with Gasteiger partial charge in [-0.15, -0.1) is 0 Å². The average molecular weight is 211 g/mol. The fraction of sp³-hybridized carbons (Fsp3) is 0.600. The lowest BCUT2D eigenvalue weighted by Gasteiger charge is -2.10. The minimum absolute atomic E-state index is 0.0422. The standard InChI is InChI=1S/C10H17N3O2/c1-3-15-10-5-9(12-7-13-10)4-8(11)6-14-2/h5,7-8H,3-4,6,11H2,1-2H3. The van der Waals surface area contributed by atoms with Gasteiger partial charge in [0.25, 0.3) is 0 Å². The molecule has 0 fully saturated rings. The van der Waals surface area contributed by atoms with Gasteiger partial charge in [-0.1, -0.05) is 0 Å². The highest BCUT2D eigenvalue weighted by atomic mass is 16.5. The molecule has 0 saturated heterocycles. The first-order valence-electron chi connectivity index (χ1n) is 4.94. The van der Waals surface area contributed by atoms with E-state index in [1.807, 2.05) is 6.92 Å². The van der Waals surface area contributed by atoms with Crippen LogP contribution < -0.4 is 10.5 Å². The zero-order valence-corrected chi connectivity index (χ0v) is 9.14. The SMILES string of the molecule is CCOc1cc(CC(N)COC)ncn1. The quantitative estimate of drug-likeness (QED) is 0.737. The lowest BCUT2D eigenvalue weighted by atomic mass is 10.2. The molecule has 84 valence electrons. The van der Waals surface area contributed by atoms with E-state index in [2.05, 4.69) is 9.97 Å². The molecule has 0 saturated carbocycles. The van der Waals surface area contributed by atoms with Crippen LogP contribution in [0.2, 0.25) is 0 Å². The third-order valence-corrected chi connectivity index (χ3v) is 1.84. The van der Waals surface area contributed by atoms with Crippen LogP contribution in [0.25, 0.3) is 0 Å². The predicted molar refractivity (Wildman–Crippen MR) is 56.8 cm³/mol. The van der Waals surface area contributed by atoms with Crippen molar-refractivity contribution in [3.63, 3.8) is 0 Å². The van der Waals surface area contributed by atoms with Crippen LogP contribution in [0.3, 0.4) is 0 Å². The summed E-state index contributed by atoms with van der Waals surface area (Å²) in [6, 6.07) is 1.76. The number of methoxy groups -OCH3 is 1. The molecule has 0 aliphatic heterocycles. The molecule has 0 aromatic carbocycles. The summed E-state index contributed by atoms with van der Waals surface area (Å²) >= 11 is 0. The predicted octanol–water partition coefficient (Wildman–Crippen LogP) is 0.391. The summed E-state index contributed by atoms with van der Waals surface area (Å²) in [7, 11) is 1.63. The van der Waals surface area contributed by atoms with Gasteiger partial charge >= 0.3 is 0 Å². The Balaban J connectivity index is 2.56. The van der Waals surface area contributed by atoms with Crippen LogP contribution >= 0.6 is 0 Å². The van der Waals surface area contributed by atoms with Gasteiger partial charge in [0, 0.05) is 31.3 Å². The highest BCUT2D eigenvalue weighted by Crippen LogP contribution is 2.08. The topological polar surface area (TPSA) is 70.3 Å². The number of aromatic nitrogens is 2. The number of hydrogen-bond acceptors (Lipinski definition) is 5. The third kappa shape index (κ3) is 4.22. The van der Waals surface area contributed by atoms with Crippen LogP contribution in [0.4, 0.5) is 0 Å². The molecule has 1 aromatic heterocycles. The van der Waals surface area contributed by atoms with Crippen molar-refractivity contribution in [1.29, 1.82) is 0 Å². The van der Waals surface area contributed by atoms with E-state index < -0.39 is 0 Å². The minimum atomic E-state index is -0.0422. The minimum Gasteiger partial charge on any atom is -0.478 e. The Kier molecular flexibility index (Phi) is 5.00. The normalized spacial score (nSPS) is 12.5. The zero-order chi connectivity index (χ0) is 11.1. The van der Waals surface area contributed by atoms with Gasteiger partial charge in [0.1, 0.15) is 6.33 Å². The van der Waals surface area contributed by atoms with Crippen LogP contribution in [0.15, 0.2) is 12.4 Å². The molecule has 1 atom stereocenters. The molecular formula is C10H17N3O2. The number of nitrogens with zero attached hydrogens (tertiary/aromatic N) is 2. The van der Waals surface area contributed by atoms with Crippen molar-refractivity contribution in [1.82, 2.24) is 9.97 Å². The number of nitrogens with two attached hydrogens (primary N) is 1.